The fourth-order valence-corrected chi connectivity index (χ4v) is 3.02. The van der Waals surface area contributed by atoms with E-state index in [4.69, 9.17) is 30.5 Å². The van der Waals surface area contributed by atoms with E-state index in [1.54, 1.807) is 14.2 Å². The predicted molar refractivity (Wildman–Crippen MR) is 114 cm³/mol. The highest BCUT2D eigenvalue weighted by molar-refractivity contribution is 6.17. The second kappa shape index (κ2) is 11.3. The van der Waals surface area contributed by atoms with Crippen LogP contribution in [0.3, 0.4) is 0 Å². The quantitative estimate of drug-likeness (QED) is 0.364. The van der Waals surface area contributed by atoms with Gasteiger partial charge in [-0.3, -0.25) is 0 Å². The first-order valence-corrected chi connectivity index (χ1v) is 10.1. The molecule has 0 radical (unpaired) electrons. The molecular weight excluding hydrogens is 376 g/mol. The van der Waals surface area contributed by atoms with Gasteiger partial charge < -0.3 is 18.9 Å². The van der Waals surface area contributed by atoms with Crippen molar-refractivity contribution in [3.05, 3.63) is 59.7 Å². The van der Waals surface area contributed by atoms with E-state index < -0.39 is 0 Å². The minimum absolute atomic E-state index is 0.0775. The Balaban J connectivity index is 2.00. The highest BCUT2D eigenvalue weighted by atomic mass is 35.5. The first kappa shape index (κ1) is 22.5. The van der Waals surface area contributed by atoms with Crippen LogP contribution in [0.15, 0.2) is 48.5 Å². The van der Waals surface area contributed by atoms with Gasteiger partial charge in [0.25, 0.3) is 0 Å². The van der Waals surface area contributed by atoms with Gasteiger partial charge in [-0.2, -0.15) is 0 Å². The minimum Gasteiger partial charge on any atom is -0.494 e. The van der Waals surface area contributed by atoms with Gasteiger partial charge in [-0.1, -0.05) is 38.1 Å². The third-order valence-corrected chi connectivity index (χ3v) is 5.09. The molecule has 0 amide bonds. The van der Waals surface area contributed by atoms with Gasteiger partial charge in [0, 0.05) is 25.5 Å². The molecule has 0 fully saturated rings. The van der Waals surface area contributed by atoms with E-state index in [0.717, 1.165) is 17.9 Å². The monoisotopic (exact) mass is 406 g/mol. The maximum absolute atomic E-state index is 5.82. The highest BCUT2D eigenvalue weighted by Gasteiger charge is 2.23. The average molecular weight is 407 g/mol. The number of hydrogen-bond donors (Lipinski definition) is 0. The van der Waals surface area contributed by atoms with E-state index in [9.17, 15) is 0 Å². The highest BCUT2D eigenvalue weighted by Crippen LogP contribution is 2.33. The molecule has 0 aliphatic rings. The maximum Gasteiger partial charge on any atom is 0.119 e. The molecule has 2 aromatic carbocycles. The van der Waals surface area contributed by atoms with Crippen LogP contribution in [0, 0.1) is 0 Å². The number of methoxy groups -OCH3 is 2. The second-order valence-electron chi connectivity index (χ2n) is 7.19. The van der Waals surface area contributed by atoms with Crippen LogP contribution in [0.1, 0.15) is 31.4 Å². The van der Waals surface area contributed by atoms with Crippen LogP contribution in [0.4, 0.5) is 0 Å². The van der Waals surface area contributed by atoms with Crippen LogP contribution in [0.5, 0.6) is 11.5 Å². The fourth-order valence-electron chi connectivity index (χ4n) is 2.91. The molecule has 28 heavy (non-hydrogen) atoms. The molecular formula is C23H31ClO4. The van der Waals surface area contributed by atoms with Crippen LogP contribution >= 0.6 is 11.6 Å². The zero-order valence-electron chi connectivity index (χ0n) is 17.2. The Morgan fingerprint density at radius 2 is 1.36 bits per heavy atom. The van der Waals surface area contributed by atoms with Gasteiger partial charge in [-0.25, -0.2) is 0 Å². The predicted octanol–water partition coefficient (Wildman–Crippen LogP) is 5.06. The molecule has 0 aliphatic heterocycles. The van der Waals surface area contributed by atoms with Crippen molar-refractivity contribution in [2.75, 3.05) is 39.9 Å². The number of benzene rings is 2. The lowest BCUT2D eigenvalue weighted by atomic mass is 9.78. The lowest BCUT2D eigenvalue weighted by Gasteiger charge is -2.26. The Morgan fingerprint density at radius 3 is 1.82 bits per heavy atom. The Hall–Kier alpha value is -1.75. The standard InChI is InChI=1S/C23H31ClO4/c1-23(2,18-6-10-20(11-7-18)27-15-5-14-24)19-8-12-21(13-9-19)28-17-22(26-4)16-25-3/h6-13,22H,5,14-17H2,1-4H3. The minimum atomic E-state index is -0.127. The maximum atomic E-state index is 5.82. The van der Waals surface area contributed by atoms with E-state index in [2.05, 4.69) is 38.1 Å². The summed E-state index contributed by atoms with van der Waals surface area (Å²) >= 11 is 5.69. The molecule has 0 N–H and O–H groups in total. The van der Waals surface area contributed by atoms with Crippen LogP contribution in [-0.2, 0) is 14.9 Å². The third-order valence-electron chi connectivity index (χ3n) is 4.82. The van der Waals surface area contributed by atoms with Crippen LogP contribution in [0.25, 0.3) is 0 Å². The molecule has 154 valence electrons. The zero-order valence-corrected chi connectivity index (χ0v) is 18.0. The fraction of sp³-hybridized carbons (Fsp3) is 0.478. The van der Waals surface area contributed by atoms with E-state index >= 15 is 0 Å². The summed E-state index contributed by atoms with van der Waals surface area (Å²) in [4.78, 5) is 0. The largest absolute Gasteiger partial charge is 0.494 e. The van der Waals surface area contributed by atoms with E-state index in [0.29, 0.717) is 25.7 Å². The van der Waals surface area contributed by atoms with Crippen LogP contribution in [-0.4, -0.2) is 46.0 Å². The van der Waals surface area contributed by atoms with Crippen LogP contribution < -0.4 is 9.47 Å². The molecule has 0 aromatic heterocycles. The van der Waals surface area contributed by atoms with Crippen molar-refractivity contribution in [2.24, 2.45) is 0 Å². The third kappa shape index (κ3) is 6.40. The Bertz CT molecular complexity index is 683. The molecule has 2 aromatic rings. The van der Waals surface area contributed by atoms with Gasteiger partial charge in [0.05, 0.1) is 13.2 Å². The summed E-state index contributed by atoms with van der Waals surface area (Å²) in [5.41, 5.74) is 2.32. The topological polar surface area (TPSA) is 36.9 Å². The van der Waals surface area contributed by atoms with Crippen molar-refractivity contribution >= 4 is 11.6 Å². The van der Waals surface area contributed by atoms with Gasteiger partial charge >= 0.3 is 0 Å². The first-order chi connectivity index (χ1) is 13.5. The van der Waals surface area contributed by atoms with Crippen molar-refractivity contribution < 1.29 is 18.9 Å². The van der Waals surface area contributed by atoms with Gasteiger partial charge in [0.15, 0.2) is 0 Å². The van der Waals surface area contributed by atoms with Crippen molar-refractivity contribution in [2.45, 2.75) is 31.8 Å². The Morgan fingerprint density at radius 1 is 0.821 bits per heavy atom. The molecule has 1 unspecified atom stereocenters. The zero-order chi connectivity index (χ0) is 20.4. The SMILES string of the molecule is COCC(COc1ccc(C(C)(C)c2ccc(OCCCCl)cc2)cc1)OC. The smallest absolute Gasteiger partial charge is 0.119 e. The summed E-state index contributed by atoms with van der Waals surface area (Å²) < 4.78 is 21.9. The molecule has 0 heterocycles. The number of hydrogen-bond acceptors (Lipinski definition) is 4. The van der Waals surface area contributed by atoms with Crippen molar-refractivity contribution in [1.82, 2.24) is 0 Å². The number of alkyl halides is 1. The normalized spacial score (nSPS) is 12.6. The summed E-state index contributed by atoms with van der Waals surface area (Å²) in [5.74, 6) is 2.31. The molecule has 4 nitrogen and oxygen atoms in total. The summed E-state index contributed by atoms with van der Waals surface area (Å²) in [7, 11) is 3.31. The summed E-state index contributed by atoms with van der Waals surface area (Å²) in [6, 6.07) is 16.5. The molecule has 0 spiro atoms. The van der Waals surface area contributed by atoms with Gasteiger partial charge in [0.1, 0.15) is 24.2 Å². The lowest BCUT2D eigenvalue weighted by molar-refractivity contribution is 0.000872. The number of halogens is 1. The molecule has 2 rings (SSSR count). The molecule has 5 heteroatoms. The average Bonchev–Trinajstić information content (AvgIpc) is 2.72. The second-order valence-corrected chi connectivity index (χ2v) is 7.57. The van der Waals surface area contributed by atoms with E-state index in [1.807, 2.05) is 24.3 Å². The molecule has 1 atom stereocenters. The molecule has 0 aliphatic carbocycles. The van der Waals surface area contributed by atoms with E-state index in [-0.39, 0.29) is 11.5 Å². The Kier molecular flexibility index (Phi) is 9.10. The Labute approximate surface area is 173 Å². The number of ether oxygens (including phenoxy) is 4. The van der Waals surface area contributed by atoms with Gasteiger partial charge in [-0.05, 0) is 41.8 Å². The first-order valence-electron chi connectivity index (χ1n) is 9.55. The number of rotatable bonds is 12. The molecule has 0 bridgehead atoms. The van der Waals surface area contributed by atoms with Crippen molar-refractivity contribution in [3.8, 4) is 11.5 Å². The molecule has 0 saturated carbocycles. The molecule has 0 saturated heterocycles. The van der Waals surface area contributed by atoms with E-state index in [1.165, 1.54) is 11.1 Å². The summed E-state index contributed by atoms with van der Waals surface area (Å²) in [5, 5.41) is 0. The summed E-state index contributed by atoms with van der Waals surface area (Å²) in [6.45, 7) is 6.03. The lowest BCUT2D eigenvalue weighted by Crippen LogP contribution is -2.25. The van der Waals surface area contributed by atoms with Crippen molar-refractivity contribution in [1.29, 1.82) is 0 Å². The van der Waals surface area contributed by atoms with Crippen LogP contribution in [0.2, 0.25) is 0 Å². The van der Waals surface area contributed by atoms with Gasteiger partial charge in [0.2, 0.25) is 0 Å². The van der Waals surface area contributed by atoms with Gasteiger partial charge in [-0.15, -0.1) is 11.6 Å². The summed E-state index contributed by atoms with van der Waals surface area (Å²) in [6.07, 6.45) is 0.770. The van der Waals surface area contributed by atoms with Crippen molar-refractivity contribution in [3.63, 3.8) is 0 Å².